The number of hydrogen-bond donors (Lipinski definition) is 1. The molecule has 80 valence electrons. The molecule has 1 N–H and O–H groups in total. The van der Waals surface area contributed by atoms with Crippen LogP contribution in [0, 0.1) is 6.92 Å². The topological polar surface area (TPSA) is 56.5 Å². The number of rotatable bonds is 6. The Morgan fingerprint density at radius 2 is 2.21 bits per heavy atom. The zero-order valence-electron chi connectivity index (χ0n) is 8.74. The summed E-state index contributed by atoms with van der Waals surface area (Å²) in [5.74, 6) is 0.817. The van der Waals surface area contributed by atoms with Gasteiger partial charge in [0.1, 0.15) is 5.76 Å². The molecule has 1 heterocycles. The van der Waals surface area contributed by atoms with Gasteiger partial charge in [0.15, 0.2) is 6.29 Å². The number of nitrogens with one attached hydrogen (secondary N) is 1. The van der Waals surface area contributed by atoms with Crippen LogP contribution in [0.3, 0.4) is 0 Å². The molecule has 0 radical (unpaired) electrons. The molecular formula is C9H16N2O3. The molecule has 0 spiro atoms. The number of methoxy groups -OCH3 is 2. The van der Waals surface area contributed by atoms with Crippen molar-refractivity contribution in [3.63, 3.8) is 0 Å². The van der Waals surface area contributed by atoms with Crippen molar-refractivity contribution < 1.29 is 14.0 Å². The molecule has 0 saturated carbocycles. The Labute approximate surface area is 83.4 Å². The Morgan fingerprint density at radius 1 is 1.50 bits per heavy atom. The summed E-state index contributed by atoms with van der Waals surface area (Å²) in [6, 6.07) is 1.89. The molecule has 0 aliphatic rings. The van der Waals surface area contributed by atoms with E-state index in [1.165, 1.54) is 0 Å². The highest BCUT2D eigenvalue weighted by Crippen LogP contribution is 2.00. The molecule has 5 nitrogen and oxygen atoms in total. The molecule has 0 unspecified atom stereocenters. The van der Waals surface area contributed by atoms with Crippen LogP contribution >= 0.6 is 0 Å². The minimum atomic E-state index is -0.219. The van der Waals surface area contributed by atoms with Gasteiger partial charge < -0.3 is 19.3 Å². The normalized spacial score (nSPS) is 11.1. The van der Waals surface area contributed by atoms with Crippen molar-refractivity contribution in [3.05, 3.63) is 17.5 Å². The third-order valence-corrected chi connectivity index (χ3v) is 1.82. The van der Waals surface area contributed by atoms with Crippen molar-refractivity contribution in [2.75, 3.05) is 20.8 Å². The van der Waals surface area contributed by atoms with Crippen LogP contribution in [0.5, 0.6) is 0 Å². The fourth-order valence-corrected chi connectivity index (χ4v) is 1.08. The van der Waals surface area contributed by atoms with Crippen molar-refractivity contribution in [2.24, 2.45) is 0 Å². The first-order valence-electron chi connectivity index (χ1n) is 4.44. The maximum atomic E-state index is 5.01. The van der Waals surface area contributed by atoms with Gasteiger partial charge in [-0.15, -0.1) is 0 Å². The van der Waals surface area contributed by atoms with Crippen LogP contribution in [0.25, 0.3) is 0 Å². The summed E-state index contributed by atoms with van der Waals surface area (Å²) in [5.41, 5.74) is 0.883. The second-order valence-electron chi connectivity index (χ2n) is 2.96. The average molecular weight is 200 g/mol. The third-order valence-electron chi connectivity index (χ3n) is 1.82. The Balaban J connectivity index is 2.21. The van der Waals surface area contributed by atoms with Gasteiger partial charge in [-0.25, -0.2) is 0 Å². The maximum absolute atomic E-state index is 5.01. The first-order chi connectivity index (χ1) is 6.76. The van der Waals surface area contributed by atoms with Crippen molar-refractivity contribution in [1.82, 2.24) is 10.5 Å². The maximum Gasteiger partial charge on any atom is 0.169 e. The molecule has 1 aromatic heterocycles. The van der Waals surface area contributed by atoms with Gasteiger partial charge in [-0.05, 0) is 6.92 Å². The minimum Gasteiger partial charge on any atom is -0.361 e. The average Bonchev–Trinajstić information content (AvgIpc) is 2.59. The first kappa shape index (κ1) is 11.2. The lowest BCUT2D eigenvalue weighted by atomic mass is 10.4. The number of ether oxygens (including phenoxy) is 2. The highest BCUT2D eigenvalue weighted by Gasteiger charge is 2.05. The molecule has 14 heavy (non-hydrogen) atoms. The summed E-state index contributed by atoms with van der Waals surface area (Å²) in [7, 11) is 3.21. The van der Waals surface area contributed by atoms with Gasteiger partial charge in [-0.1, -0.05) is 5.16 Å². The molecule has 0 bridgehead atoms. The number of hydrogen-bond acceptors (Lipinski definition) is 5. The highest BCUT2D eigenvalue weighted by atomic mass is 16.7. The van der Waals surface area contributed by atoms with Crippen LogP contribution in [0.4, 0.5) is 0 Å². The molecule has 1 aromatic rings. The summed E-state index contributed by atoms with van der Waals surface area (Å²) >= 11 is 0. The Morgan fingerprint density at radius 3 is 2.71 bits per heavy atom. The van der Waals surface area contributed by atoms with Crippen LogP contribution in [0.15, 0.2) is 10.6 Å². The highest BCUT2D eigenvalue weighted by molar-refractivity contribution is 5.02. The quantitative estimate of drug-likeness (QED) is 0.685. The van der Waals surface area contributed by atoms with E-state index < -0.39 is 0 Å². The third kappa shape index (κ3) is 3.45. The van der Waals surface area contributed by atoms with Crippen LogP contribution < -0.4 is 5.32 Å². The van der Waals surface area contributed by atoms with Gasteiger partial charge in [0, 0.05) is 33.4 Å². The van der Waals surface area contributed by atoms with Gasteiger partial charge >= 0.3 is 0 Å². The Kier molecular flexibility index (Phi) is 4.58. The molecule has 0 aromatic carbocycles. The number of nitrogens with zero attached hydrogens (tertiary/aromatic N) is 1. The molecule has 5 heteroatoms. The van der Waals surface area contributed by atoms with Gasteiger partial charge in [-0.2, -0.15) is 0 Å². The summed E-state index contributed by atoms with van der Waals surface area (Å²) in [6.45, 7) is 3.14. The Hall–Kier alpha value is -0.910. The predicted molar refractivity (Wildman–Crippen MR) is 50.8 cm³/mol. The molecule has 0 fully saturated rings. The van der Waals surface area contributed by atoms with E-state index in [2.05, 4.69) is 10.5 Å². The van der Waals surface area contributed by atoms with Crippen LogP contribution in [0.2, 0.25) is 0 Å². The van der Waals surface area contributed by atoms with E-state index in [1.54, 1.807) is 14.2 Å². The second kappa shape index (κ2) is 5.74. The van der Waals surface area contributed by atoms with E-state index >= 15 is 0 Å². The fourth-order valence-electron chi connectivity index (χ4n) is 1.08. The molecular weight excluding hydrogens is 184 g/mol. The number of aromatic nitrogens is 1. The summed E-state index contributed by atoms with van der Waals surface area (Å²) < 4.78 is 15.0. The second-order valence-corrected chi connectivity index (χ2v) is 2.96. The standard InChI is InChI=1S/C9H16N2O3/c1-7-4-8(11-14-7)5-10-6-9(12-2)13-3/h4,9-10H,5-6H2,1-3H3. The van der Waals surface area contributed by atoms with E-state index in [9.17, 15) is 0 Å². The van der Waals surface area contributed by atoms with Gasteiger partial charge in [0.2, 0.25) is 0 Å². The molecule has 0 saturated heterocycles. The summed E-state index contributed by atoms with van der Waals surface area (Å²) in [4.78, 5) is 0. The fraction of sp³-hybridized carbons (Fsp3) is 0.667. The SMILES string of the molecule is COC(CNCc1cc(C)on1)OC. The zero-order valence-corrected chi connectivity index (χ0v) is 8.74. The zero-order chi connectivity index (χ0) is 10.4. The van der Waals surface area contributed by atoms with E-state index in [4.69, 9.17) is 14.0 Å². The Bertz CT molecular complexity index is 258. The van der Waals surface area contributed by atoms with Crippen molar-refractivity contribution in [3.8, 4) is 0 Å². The van der Waals surface area contributed by atoms with Crippen molar-refractivity contribution in [2.45, 2.75) is 19.8 Å². The van der Waals surface area contributed by atoms with E-state index in [1.807, 2.05) is 13.0 Å². The minimum absolute atomic E-state index is 0.219. The van der Waals surface area contributed by atoms with Gasteiger partial charge in [-0.3, -0.25) is 0 Å². The van der Waals surface area contributed by atoms with Crippen LogP contribution in [-0.4, -0.2) is 32.2 Å². The molecule has 0 aliphatic carbocycles. The molecule has 0 aliphatic heterocycles. The predicted octanol–water partition coefficient (Wildman–Crippen LogP) is 0.692. The van der Waals surface area contributed by atoms with Gasteiger partial charge in [0.05, 0.1) is 5.69 Å². The van der Waals surface area contributed by atoms with Crippen molar-refractivity contribution in [1.29, 1.82) is 0 Å². The van der Waals surface area contributed by atoms with Crippen molar-refractivity contribution >= 4 is 0 Å². The van der Waals surface area contributed by atoms with E-state index in [0.29, 0.717) is 13.1 Å². The van der Waals surface area contributed by atoms with E-state index in [0.717, 1.165) is 11.5 Å². The number of aryl methyl sites for hydroxylation is 1. The molecule has 1 rings (SSSR count). The van der Waals surface area contributed by atoms with Gasteiger partial charge in [0.25, 0.3) is 0 Å². The first-order valence-corrected chi connectivity index (χ1v) is 4.44. The smallest absolute Gasteiger partial charge is 0.169 e. The molecule has 0 atom stereocenters. The van der Waals surface area contributed by atoms with Crippen LogP contribution in [0.1, 0.15) is 11.5 Å². The van der Waals surface area contributed by atoms with E-state index in [-0.39, 0.29) is 6.29 Å². The largest absolute Gasteiger partial charge is 0.361 e. The summed E-state index contributed by atoms with van der Waals surface area (Å²) in [5, 5.41) is 6.99. The lowest BCUT2D eigenvalue weighted by Crippen LogP contribution is -2.29. The van der Waals surface area contributed by atoms with Crippen LogP contribution in [-0.2, 0) is 16.0 Å². The lowest BCUT2D eigenvalue weighted by Gasteiger charge is -2.12. The molecule has 0 amide bonds. The lowest BCUT2D eigenvalue weighted by molar-refractivity contribution is -0.0989. The summed E-state index contributed by atoms with van der Waals surface area (Å²) in [6.07, 6.45) is -0.219. The monoisotopic (exact) mass is 200 g/mol.